The molecule has 2 heterocycles. The smallest absolute Gasteiger partial charge is 0.278 e. The van der Waals surface area contributed by atoms with Gasteiger partial charge in [-0.25, -0.2) is 9.97 Å². The maximum Gasteiger partial charge on any atom is 0.278 e. The van der Waals surface area contributed by atoms with Crippen LogP contribution in [0.15, 0.2) is 67.0 Å². The van der Waals surface area contributed by atoms with Crippen LogP contribution in [0.1, 0.15) is 12.0 Å². The molecule has 1 unspecified atom stereocenters. The predicted octanol–water partition coefficient (Wildman–Crippen LogP) is 3.37. The summed E-state index contributed by atoms with van der Waals surface area (Å²) in [6.07, 6.45) is 4.16. The standard InChI is InChI=1S/C23H23N3O3/c1-28-22-23(25-13-12-24-22)29-20-11-14-26(16-20)21(27)15-17-7-9-19(10-8-17)18-5-3-2-4-6-18/h2-10,12-13,20H,11,14-16H2,1H3. The van der Waals surface area contributed by atoms with Gasteiger partial charge in [-0.15, -0.1) is 0 Å². The Morgan fingerprint density at radius 1 is 1.00 bits per heavy atom. The van der Waals surface area contributed by atoms with Crippen molar-refractivity contribution in [2.45, 2.75) is 18.9 Å². The van der Waals surface area contributed by atoms with E-state index in [1.54, 1.807) is 12.4 Å². The van der Waals surface area contributed by atoms with Gasteiger partial charge in [-0.3, -0.25) is 4.79 Å². The zero-order chi connectivity index (χ0) is 20.1. The van der Waals surface area contributed by atoms with Crippen LogP contribution in [0.5, 0.6) is 11.8 Å². The van der Waals surface area contributed by atoms with Gasteiger partial charge in [0.15, 0.2) is 0 Å². The number of nitrogens with zero attached hydrogens (tertiary/aromatic N) is 3. The fourth-order valence-electron chi connectivity index (χ4n) is 3.47. The zero-order valence-electron chi connectivity index (χ0n) is 16.3. The summed E-state index contributed by atoms with van der Waals surface area (Å²) >= 11 is 0. The van der Waals surface area contributed by atoms with E-state index in [-0.39, 0.29) is 12.0 Å². The number of ether oxygens (including phenoxy) is 2. The van der Waals surface area contributed by atoms with Gasteiger partial charge in [-0.05, 0) is 16.7 Å². The summed E-state index contributed by atoms with van der Waals surface area (Å²) in [5.74, 6) is 0.830. The van der Waals surface area contributed by atoms with Crippen LogP contribution in [0.2, 0.25) is 0 Å². The quantitative estimate of drug-likeness (QED) is 0.647. The van der Waals surface area contributed by atoms with E-state index in [4.69, 9.17) is 9.47 Å². The van der Waals surface area contributed by atoms with Crippen molar-refractivity contribution in [1.82, 2.24) is 14.9 Å². The molecule has 0 spiro atoms. The van der Waals surface area contributed by atoms with Crippen LogP contribution in [0.25, 0.3) is 11.1 Å². The topological polar surface area (TPSA) is 64.6 Å². The van der Waals surface area contributed by atoms with Crippen molar-refractivity contribution in [1.29, 1.82) is 0 Å². The molecule has 0 aliphatic carbocycles. The van der Waals surface area contributed by atoms with E-state index in [9.17, 15) is 4.79 Å². The molecule has 1 saturated heterocycles. The van der Waals surface area contributed by atoms with Crippen LogP contribution < -0.4 is 9.47 Å². The number of hydrogen-bond acceptors (Lipinski definition) is 5. The Hall–Kier alpha value is -3.41. The van der Waals surface area contributed by atoms with Crippen molar-refractivity contribution >= 4 is 5.91 Å². The van der Waals surface area contributed by atoms with Crippen LogP contribution in [-0.4, -0.2) is 47.1 Å². The highest BCUT2D eigenvalue weighted by molar-refractivity contribution is 5.79. The Morgan fingerprint density at radius 3 is 2.41 bits per heavy atom. The first-order chi connectivity index (χ1) is 14.2. The summed E-state index contributed by atoms with van der Waals surface area (Å²) < 4.78 is 11.1. The van der Waals surface area contributed by atoms with Crippen LogP contribution in [0.3, 0.4) is 0 Å². The van der Waals surface area contributed by atoms with E-state index in [1.165, 1.54) is 12.7 Å². The molecule has 1 aromatic heterocycles. The number of carbonyl (C=O) groups is 1. The second-order valence-electron chi connectivity index (χ2n) is 6.98. The normalized spacial score (nSPS) is 15.9. The van der Waals surface area contributed by atoms with Gasteiger partial charge in [0, 0.05) is 25.4 Å². The highest BCUT2D eigenvalue weighted by Gasteiger charge is 2.28. The van der Waals surface area contributed by atoms with Crippen molar-refractivity contribution < 1.29 is 14.3 Å². The fraction of sp³-hybridized carbons (Fsp3) is 0.261. The minimum absolute atomic E-state index is 0.106. The first-order valence-electron chi connectivity index (χ1n) is 9.66. The Morgan fingerprint density at radius 2 is 1.69 bits per heavy atom. The van der Waals surface area contributed by atoms with Crippen molar-refractivity contribution in [2.24, 2.45) is 0 Å². The third-order valence-electron chi connectivity index (χ3n) is 5.02. The molecule has 0 bridgehead atoms. The summed E-state index contributed by atoms with van der Waals surface area (Å²) in [6, 6.07) is 18.4. The summed E-state index contributed by atoms with van der Waals surface area (Å²) in [7, 11) is 1.53. The van der Waals surface area contributed by atoms with E-state index in [0.29, 0.717) is 31.3 Å². The minimum atomic E-state index is -0.106. The molecule has 148 valence electrons. The molecule has 1 amide bonds. The Kier molecular flexibility index (Phi) is 5.70. The average Bonchev–Trinajstić information content (AvgIpc) is 3.24. The molecule has 1 aliphatic heterocycles. The zero-order valence-corrected chi connectivity index (χ0v) is 16.3. The lowest BCUT2D eigenvalue weighted by Crippen LogP contribution is -2.32. The summed E-state index contributed by atoms with van der Waals surface area (Å²) in [5.41, 5.74) is 3.33. The molecule has 3 aromatic rings. The number of likely N-dealkylation sites (tertiary alicyclic amines) is 1. The number of methoxy groups -OCH3 is 1. The van der Waals surface area contributed by atoms with Crippen LogP contribution >= 0.6 is 0 Å². The molecule has 29 heavy (non-hydrogen) atoms. The second-order valence-corrected chi connectivity index (χ2v) is 6.98. The molecule has 1 aliphatic rings. The van der Waals surface area contributed by atoms with E-state index in [2.05, 4.69) is 34.2 Å². The fourth-order valence-corrected chi connectivity index (χ4v) is 3.47. The molecular formula is C23H23N3O3. The third-order valence-corrected chi connectivity index (χ3v) is 5.02. The highest BCUT2D eigenvalue weighted by Crippen LogP contribution is 2.24. The van der Waals surface area contributed by atoms with Gasteiger partial charge in [0.05, 0.1) is 20.1 Å². The SMILES string of the molecule is COc1nccnc1OC1CCN(C(=O)Cc2ccc(-c3ccccc3)cc2)C1. The lowest BCUT2D eigenvalue weighted by Gasteiger charge is -2.17. The first kappa shape index (κ1) is 18.9. The average molecular weight is 389 g/mol. The monoisotopic (exact) mass is 389 g/mol. The first-order valence-corrected chi connectivity index (χ1v) is 9.66. The highest BCUT2D eigenvalue weighted by atomic mass is 16.5. The molecule has 1 fully saturated rings. The van der Waals surface area contributed by atoms with E-state index in [1.807, 2.05) is 35.2 Å². The van der Waals surface area contributed by atoms with Crippen molar-refractivity contribution in [3.05, 3.63) is 72.6 Å². The molecule has 0 saturated carbocycles. The van der Waals surface area contributed by atoms with Crippen LogP contribution in [-0.2, 0) is 11.2 Å². The molecule has 4 rings (SSSR count). The molecular weight excluding hydrogens is 366 g/mol. The number of rotatable bonds is 6. The minimum Gasteiger partial charge on any atom is -0.477 e. The largest absolute Gasteiger partial charge is 0.477 e. The summed E-state index contributed by atoms with van der Waals surface area (Å²) in [6.45, 7) is 1.22. The van der Waals surface area contributed by atoms with Crippen LogP contribution in [0, 0.1) is 0 Å². The number of amides is 1. The Labute approximate surface area is 170 Å². The van der Waals surface area contributed by atoms with Crippen LogP contribution in [0.4, 0.5) is 0 Å². The van der Waals surface area contributed by atoms with Gasteiger partial charge in [0.1, 0.15) is 6.10 Å². The predicted molar refractivity (Wildman–Crippen MR) is 110 cm³/mol. The number of benzene rings is 2. The van der Waals surface area contributed by atoms with E-state index in [0.717, 1.165) is 17.5 Å². The van der Waals surface area contributed by atoms with E-state index >= 15 is 0 Å². The van der Waals surface area contributed by atoms with Crippen molar-refractivity contribution in [2.75, 3.05) is 20.2 Å². The maximum absolute atomic E-state index is 12.7. The number of aromatic nitrogens is 2. The number of carbonyl (C=O) groups excluding carboxylic acids is 1. The van der Waals surface area contributed by atoms with Crippen molar-refractivity contribution in [3.8, 4) is 22.9 Å². The lowest BCUT2D eigenvalue weighted by molar-refractivity contribution is -0.129. The van der Waals surface area contributed by atoms with Crippen molar-refractivity contribution in [3.63, 3.8) is 0 Å². The number of hydrogen-bond donors (Lipinski definition) is 0. The second kappa shape index (κ2) is 8.73. The third kappa shape index (κ3) is 4.54. The lowest BCUT2D eigenvalue weighted by atomic mass is 10.0. The molecule has 1 atom stereocenters. The Balaban J connectivity index is 1.33. The summed E-state index contributed by atoms with van der Waals surface area (Å²) in [5, 5.41) is 0. The van der Waals surface area contributed by atoms with Gasteiger partial charge in [0.25, 0.3) is 11.8 Å². The molecule has 6 heteroatoms. The molecule has 6 nitrogen and oxygen atoms in total. The van der Waals surface area contributed by atoms with Gasteiger partial charge in [0.2, 0.25) is 5.91 Å². The maximum atomic E-state index is 12.7. The molecule has 0 radical (unpaired) electrons. The molecule has 0 N–H and O–H groups in total. The Bertz CT molecular complexity index is 961. The van der Waals surface area contributed by atoms with Gasteiger partial charge < -0.3 is 14.4 Å². The summed E-state index contributed by atoms with van der Waals surface area (Å²) in [4.78, 5) is 22.8. The van der Waals surface area contributed by atoms with Gasteiger partial charge >= 0.3 is 0 Å². The van der Waals surface area contributed by atoms with Gasteiger partial charge in [-0.2, -0.15) is 0 Å². The van der Waals surface area contributed by atoms with Gasteiger partial charge in [-0.1, -0.05) is 54.6 Å². The molecule has 2 aromatic carbocycles. The van der Waals surface area contributed by atoms with E-state index < -0.39 is 0 Å².